The van der Waals surface area contributed by atoms with E-state index in [9.17, 15) is 16.8 Å². The van der Waals surface area contributed by atoms with E-state index in [4.69, 9.17) is 8.37 Å². The fraction of sp³-hybridized carbons (Fsp3) is 0.0833. The summed E-state index contributed by atoms with van der Waals surface area (Å²) in [6.07, 6.45) is 0. The van der Waals surface area contributed by atoms with Crippen molar-refractivity contribution in [2.45, 2.75) is 23.6 Å². The molecule has 0 radical (unpaired) electrons. The van der Waals surface area contributed by atoms with E-state index in [-0.39, 0.29) is 21.3 Å². The van der Waals surface area contributed by atoms with Crippen LogP contribution in [0.3, 0.4) is 0 Å². The third-order valence-corrected chi connectivity index (χ3v) is 7.34. The minimum Gasteiger partial charge on any atom is -0.379 e. The highest BCUT2D eigenvalue weighted by Gasteiger charge is 2.18. The zero-order valence-corrected chi connectivity index (χ0v) is 19.0. The molecule has 0 atom stereocenters. The maximum absolute atomic E-state index is 12.5. The Hall–Kier alpha value is -3.36. The first-order valence-electron chi connectivity index (χ1n) is 9.69. The van der Waals surface area contributed by atoms with Crippen LogP contribution in [0.1, 0.15) is 11.1 Å². The molecule has 0 aliphatic heterocycles. The van der Waals surface area contributed by atoms with E-state index in [1.54, 1.807) is 48.5 Å². The first kappa shape index (κ1) is 21.9. The van der Waals surface area contributed by atoms with Crippen molar-refractivity contribution in [1.29, 1.82) is 0 Å². The summed E-state index contributed by atoms with van der Waals surface area (Å²) in [6.45, 7) is 3.73. The van der Waals surface area contributed by atoms with Crippen LogP contribution in [0.2, 0.25) is 0 Å². The Balaban J connectivity index is 1.57. The SMILES string of the molecule is Cc1ccc(S(=O)(=O)Oc2ccc3cc(OS(=O)(=O)c4ccc(C)cc4)ccc3c2)cc1. The number of fused-ring (bicyclic) bond motifs is 1. The van der Waals surface area contributed by atoms with Gasteiger partial charge in [-0.05, 0) is 73.2 Å². The summed E-state index contributed by atoms with van der Waals surface area (Å²) in [6, 6.07) is 22.2. The van der Waals surface area contributed by atoms with Gasteiger partial charge in [0.1, 0.15) is 21.3 Å². The molecule has 4 aromatic carbocycles. The molecule has 164 valence electrons. The number of benzene rings is 4. The average Bonchev–Trinajstić information content (AvgIpc) is 2.74. The van der Waals surface area contributed by atoms with Gasteiger partial charge in [-0.25, -0.2) is 0 Å². The fourth-order valence-electron chi connectivity index (χ4n) is 3.07. The van der Waals surface area contributed by atoms with Crippen LogP contribution in [0, 0.1) is 13.8 Å². The van der Waals surface area contributed by atoms with Crippen LogP contribution in [-0.2, 0) is 20.2 Å². The molecule has 0 fully saturated rings. The van der Waals surface area contributed by atoms with Gasteiger partial charge in [0, 0.05) is 0 Å². The molecule has 0 aromatic heterocycles. The molecular weight excluding hydrogens is 448 g/mol. The second-order valence-electron chi connectivity index (χ2n) is 7.37. The second-order valence-corrected chi connectivity index (χ2v) is 10.5. The van der Waals surface area contributed by atoms with Crippen LogP contribution < -0.4 is 8.37 Å². The summed E-state index contributed by atoms with van der Waals surface area (Å²) in [5.41, 5.74) is 1.88. The van der Waals surface area contributed by atoms with Crippen molar-refractivity contribution in [2.24, 2.45) is 0 Å². The van der Waals surface area contributed by atoms with E-state index in [0.717, 1.165) is 11.1 Å². The largest absolute Gasteiger partial charge is 0.379 e. The lowest BCUT2D eigenvalue weighted by Crippen LogP contribution is -2.10. The molecule has 0 amide bonds. The Morgan fingerprint density at radius 3 is 1.19 bits per heavy atom. The predicted octanol–water partition coefficient (Wildman–Crippen LogP) is 4.99. The smallest absolute Gasteiger partial charge is 0.339 e. The van der Waals surface area contributed by atoms with Crippen LogP contribution in [-0.4, -0.2) is 16.8 Å². The quantitative estimate of drug-likeness (QED) is 0.371. The third-order valence-electron chi connectivity index (χ3n) is 4.81. The summed E-state index contributed by atoms with van der Waals surface area (Å²) < 4.78 is 60.5. The van der Waals surface area contributed by atoms with Crippen molar-refractivity contribution < 1.29 is 25.2 Å². The highest BCUT2D eigenvalue weighted by molar-refractivity contribution is 7.87. The zero-order chi connectivity index (χ0) is 22.9. The number of aryl methyl sites for hydroxylation is 2. The molecule has 0 saturated heterocycles. The molecule has 0 aliphatic carbocycles. The van der Waals surface area contributed by atoms with Crippen LogP contribution in [0.5, 0.6) is 11.5 Å². The first-order chi connectivity index (χ1) is 15.1. The molecule has 0 N–H and O–H groups in total. The molecule has 0 unspecified atom stereocenters. The van der Waals surface area contributed by atoms with Gasteiger partial charge >= 0.3 is 20.2 Å². The Morgan fingerprint density at radius 1 is 0.500 bits per heavy atom. The Morgan fingerprint density at radius 2 is 0.844 bits per heavy atom. The topological polar surface area (TPSA) is 86.7 Å². The van der Waals surface area contributed by atoms with E-state index in [2.05, 4.69) is 0 Å². The van der Waals surface area contributed by atoms with E-state index in [0.29, 0.717) is 10.8 Å². The van der Waals surface area contributed by atoms with Crippen molar-refractivity contribution >= 4 is 31.0 Å². The van der Waals surface area contributed by atoms with Gasteiger partial charge in [0.25, 0.3) is 0 Å². The van der Waals surface area contributed by atoms with Gasteiger partial charge in [-0.1, -0.05) is 47.5 Å². The molecule has 0 spiro atoms. The lowest BCUT2D eigenvalue weighted by molar-refractivity contribution is 0.484. The van der Waals surface area contributed by atoms with Crippen molar-refractivity contribution in [1.82, 2.24) is 0 Å². The Bertz CT molecular complexity index is 1370. The molecule has 0 aliphatic rings. The molecular formula is C24H20O6S2. The number of hydrogen-bond acceptors (Lipinski definition) is 6. The molecule has 8 heteroatoms. The van der Waals surface area contributed by atoms with Crippen molar-refractivity contribution in [3.05, 3.63) is 96.1 Å². The monoisotopic (exact) mass is 468 g/mol. The molecule has 6 nitrogen and oxygen atoms in total. The summed E-state index contributed by atoms with van der Waals surface area (Å²) in [5.74, 6) is 0.304. The van der Waals surface area contributed by atoms with Gasteiger partial charge in [-0.2, -0.15) is 16.8 Å². The molecule has 4 aromatic rings. The third kappa shape index (κ3) is 4.76. The molecule has 0 heterocycles. The van der Waals surface area contributed by atoms with Crippen LogP contribution in [0.4, 0.5) is 0 Å². The highest BCUT2D eigenvalue weighted by Crippen LogP contribution is 2.28. The van der Waals surface area contributed by atoms with Crippen LogP contribution in [0.25, 0.3) is 10.8 Å². The van der Waals surface area contributed by atoms with Gasteiger partial charge in [0.2, 0.25) is 0 Å². The highest BCUT2D eigenvalue weighted by atomic mass is 32.2. The lowest BCUT2D eigenvalue weighted by atomic mass is 10.1. The molecule has 0 saturated carbocycles. The summed E-state index contributed by atoms with van der Waals surface area (Å²) in [7, 11) is -7.94. The van der Waals surface area contributed by atoms with Gasteiger partial charge < -0.3 is 8.37 Å². The second kappa shape index (κ2) is 8.29. The van der Waals surface area contributed by atoms with Crippen molar-refractivity contribution in [3.63, 3.8) is 0 Å². The van der Waals surface area contributed by atoms with Crippen LogP contribution >= 0.6 is 0 Å². The minimum absolute atomic E-state index is 0.0632. The van der Waals surface area contributed by atoms with E-state index < -0.39 is 20.2 Å². The van der Waals surface area contributed by atoms with Gasteiger partial charge in [0.05, 0.1) is 0 Å². The maximum atomic E-state index is 12.5. The summed E-state index contributed by atoms with van der Waals surface area (Å²) in [4.78, 5) is 0.126. The first-order valence-corrected chi connectivity index (χ1v) is 12.5. The zero-order valence-electron chi connectivity index (χ0n) is 17.3. The van der Waals surface area contributed by atoms with Gasteiger partial charge in [-0.3, -0.25) is 0 Å². The number of hydrogen-bond donors (Lipinski definition) is 0. The summed E-state index contributed by atoms with van der Waals surface area (Å²) >= 11 is 0. The molecule has 32 heavy (non-hydrogen) atoms. The minimum atomic E-state index is -3.97. The van der Waals surface area contributed by atoms with Gasteiger partial charge in [0.15, 0.2) is 0 Å². The molecule has 0 bridgehead atoms. The van der Waals surface area contributed by atoms with E-state index in [1.807, 2.05) is 13.8 Å². The van der Waals surface area contributed by atoms with E-state index >= 15 is 0 Å². The van der Waals surface area contributed by atoms with Crippen LogP contribution in [0.15, 0.2) is 94.7 Å². The maximum Gasteiger partial charge on any atom is 0.339 e. The normalized spacial score (nSPS) is 11.9. The Labute approximate surface area is 187 Å². The van der Waals surface area contributed by atoms with Crippen molar-refractivity contribution in [3.8, 4) is 11.5 Å². The lowest BCUT2D eigenvalue weighted by Gasteiger charge is -2.10. The summed E-state index contributed by atoms with van der Waals surface area (Å²) in [5, 5.41) is 1.34. The number of rotatable bonds is 6. The van der Waals surface area contributed by atoms with Crippen molar-refractivity contribution in [2.75, 3.05) is 0 Å². The standard InChI is InChI=1S/C24H20O6S2/c1-17-3-11-23(12-4-17)31(25,26)29-21-9-7-20-16-22(10-8-19(20)15-21)30-32(27,28)24-13-5-18(2)6-14-24/h3-16H,1-2H3. The predicted molar refractivity (Wildman–Crippen MR) is 122 cm³/mol. The average molecular weight is 469 g/mol. The Kier molecular flexibility index (Phi) is 5.66. The molecule has 4 rings (SSSR count). The van der Waals surface area contributed by atoms with E-state index in [1.165, 1.54) is 36.4 Å². The van der Waals surface area contributed by atoms with Gasteiger partial charge in [-0.15, -0.1) is 0 Å². The fourth-order valence-corrected chi connectivity index (χ4v) is 4.91.